The van der Waals surface area contributed by atoms with Gasteiger partial charge in [0.15, 0.2) is 11.6 Å². The van der Waals surface area contributed by atoms with Crippen molar-refractivity contribution in [3.63, 3.8) is 0 Å². The van der Waals surface area contributed by atoms with Crippen molar-refractivity contribution in [1.82, 2.24) is 0 Å². The lowest BCUT2D eigenvalue weighted by Crippen LogP contribution is -1.98. The molecule has 1 N–H and O–H groups in total. The molecule has 0 heterocycles. The van der Waals surface area contributed by atoms with Crippen LogP contribution in [-0.4, -0.2) is 9.32 Å². The van der Waals surface area contributed by atoms with E-state index in [1.807, 2.05) is 0 Å². The first-order chi connectivity index (χ1) is 9.10. The minimum Gasteiger partial charge on any atom is -0.392 e. The first-order valence-corrected chi connectivity index (χ1v) is 6.94. The first-order valence-electron chi connectivity index (χ1n) is 5.62. The number of halogens is 2. The lowest BCUT2D eigenvalue weighted by atomic mass is 10.2. The molecule has 0 aliphatic heterocycles. The van der Waals surface area contributed by atoms with Crippen LogP contribution in [0.4, 0.5) is 8.78 Å². The summed E-state index contributed by atoms with van der Waals surface area (Å²) in [4.78, 5) is 0.255. The van der Waals surface area contributed by atoms with Crippen molar-refractivity contribution in [2.24, 2.45) is 0 Å². The van der Waals surface area contributed by atoms with Gasteiger partial charge in [-0.1, -0.05) is 24.3 Å². The van der Waals surface area contributed by atoms with Gasteiger partial charge in [-0.2, -0.15) is 0 Å². The van der Waals surface area contributed by atoms with Gasteiger partial charge in [-0.3, -0.25) is 4.21 Å². The largest absolute Gasteiger partial charge is 0.392 e. The average Bonchev–Trinajstić information content (AvgIpc) is 2.42. The van der Waals surface area contributed by atoms with E-state index in [1.54, 1.807) is 24.3 Å². The number of hydrogen-bond acceptors (Lipinski definition) is 2. The number of aliphatic hydroxyl groups excluding tert-OH is 1. The highest BCUT2D eigenvalue weighted by Crippen LogP contribution is 2.16. The van der Waals surface area contributed by atoms with E-state index in [9.17, 15) is 13.0 Å². The van der Waals surface area contributed by atoms with Crippen LogP contribution in [0, 0.1) is 11.6 Å². The maximum Gasteiger partial charge on any atom is 0.160 e. The van der Waals surface area contributed by atoms with Gasteiger partial charge in [0.1, 0.15) is 0 Å². The summed E-state index contributed by atoms with van der Waals surface area (Å²) < 4.78 is 37.8. The molecule has 5 heteroatoms. The third-order valence-electron chi connectivity index (χ3n) is 2.66. The highest BCUT2D eigenvalue weighted by atomic mass is 32.2. The molecule has 0 fully saturated rings. The van der Waals surface area contributed by atoms with Crippen molar-refractivity contribution < 1.29 is 18.1 Å². The van der Waals surface area contributed by atoms with Gasteiger partial charge in [0.05, 0.1) is 23.2 Å². The van der Waals surface area contributed by atoms with Crippen LogP contribution in [0.3, 0.4) is 0 Å². The van der Waals surface area contributed by atoms with Gasteiger partial charge in [-0.25, -0.2) is 8.78 Å². The molecule has 2 aromatic carbocycles. The van der Waals surface area contributed by atoms with Crippen LogP contribution in [-0.2, 0) is 23.2 Å². The lowest BCUT2D eigenvalue weighted by molar-refractivity contribution is 0.282. The molecule has 0 radical (unpaired) electrons. The third-order valence-corrected chi connectivity index (χ3v) is 4.03. The Labute approximate surface area is 112 Å². The predicted molar refractivity (Wildman–Crippen MR) is 68.8 cm³/mol. The summed E-state index contributed by atoms with van der Waals surface area (Å²) in [6.07, 6.45) is 0. The summed E-state index contributed by atoms with van der Waals surface area (Å²) in [6, 6.07) is 10.2. The molecule has 0 aliphatic rings. The summed E-state index contributed by atoms with van der Waals surface area (Å²) >= 11 is 0. The molecular formula is C14H12F2O2S. The van der Waals surface area contributed by atoms with Crippen LogP contribution in [0.25, 0.3) is 0 Å². The number of benzene rings is 2. The van der Waals surface area contributed by atoms with Gasteiger partial charge in [-0.15, -0.1) is 0 Å². The van der Waals surface area contributed by atoms with Crippen molar-refractivity contribution in [1.29, 1.82) is 0 Å². The number of rotatable bonds is 4. The molecule has 2 nitrogen and oxygen atoms in total. The van der Waals surface area contributed by atoms with Gasteiger partial charge < -0.3 is 5.11 Å². The zero-order valence-electron chi connectivity index (χ0n) is 9.98. The molecule has 0 saturated carbocycles. The van der Waals surface area contributed by atoms with E-state index < -0.39 is 22.4 Å². The minimum absolute atomic E-state index is 0.0491. The summed E-state index contributed by atoms with van der Waals surface area (Å²) in [7, 11) is -1.43. The maximum absolute atomic E-state index is 13.0. The lowest BCUT2D eigenvalue weighted by Gasteiger charge is -2.04. The van der Waals surface area contributed by atoms with E-state index >= 15 is 0 Å². The Morgan fingerprint density at radius 2 is 1.58 bits per heavy atom. The summed E-state index contributed by atoms with van der Waals surface area (Å²) in [5.74, 6) is -1.73. The zero-order chi connectivity index (χ0) is 13.8. The molecule has 0 bridgehead atoms. The monoisotopic (exact) mass is 282 g/mol. The van der Waals surface area contributed by atoms with Gasteiger partial charge >= 0.3 is 0 Å². The van der Waals surface area contributed by atoms with Crippen molar-refractivity contribution in [2.75, 3.05) is 0 Å². The molecule has 2 aromatic rings. The fourth-order valence-electron chi connectivity index (χ4n) is 1.59. The van der Waals surface area contributed by atoms with E-state index in [-0.39, 0.29) is 17.3 Å². The Morgan fingerprint density at radius 3 is 2.16 bits per heavy atom. The molecule has 2 rings (SSSR count). The van der Waals surface area contributed by atoms with Crippen molar-refractivity contribution in [3.8, 4) is 0 Å². The van der Waals surface area contributed by atoms with Crippen molar-refractivity contribution >= 4 is 10.8 Å². The Kier molecular flexibility index (Phi) is 4.39. The van der Waals surface area contributed by atoms with Crippen LogP contribution in [0.2, 0.25) is 0 Å². The van der Waals surface area contributed by atoms with Crippen molar-refractivity contribution in [3.05, 3.63) is 65.2 Å². The molecule has 0 amide bonds. The van der Waals surface area contributed by atoms with Gasteiger partial charge in [0.25, 0.3) is 0 Å². The molecule has 100 valence electrons. The van der Waals surface area contributed by atoms with Crippen LogP contribution >= 0.6 is 0 Å². The average molecular weight is 282 g/mol. The summed E-state index contributed by atoms with van der Waals surface area (Å²) in [5, 5.41) is 8.91. The highest BCUT2D eigenvalue weighted by molar-refractivity contribution is 7.84. The fourth-order valence-corrected chi connectivity index (χ4v) is 2.71. The van der Waals surface area contributed by atoms with Gasteiger partial charge in [-0.05, 0) is 29.3 Å². The normalized spacial score (nSPS) is 12.4. The SMILES string of the molecule is O=S(Cc1ccc(CO)cc1)c1ccc(F)c(F)c1. The second kappa shape index (κ2) is 6.04. The molecule has 1 atom stereocenters. The van der Waals surface area contributed by atoms with Gasteiger partial charge in [0.2, 0.25) is 0 Å². The standard InChI is InChI=1S/C14H12F2O2S/c15-13-6-5-12(7-14(13)16)19(18)9-11-3-1-10(8-17)2-4-11/h1-7,17H,8-9H2. The number of aliphatic hydroxyl groups is 1. The summed E-state index contributed by atoms with van der Waals surface area (Å²) in [6.45, 7) is -0.0491. The first kappa shape index (κ1) is 13.8. The Bertz CT molecular complexity index is 597. The predicted octanol–water partition coefficient (Wildman–Crippen LogP) is 2.76. The Hall–Kier alpha value is -1.59. The molecule has 0 aromatic heterocycles. The second-order valence-corrected chi connectivity index (χ2v) is 5.49. The molecule has 0 saturated heterocycles. The van der Waals surface area contributed by atoms with E-state index in [0.717, 1.165) is 23.3 Å². The van der Waals surface area contributed by atoms with Gasteiger partial charge in [0, 0.05) is 4.90 Å². The van der Waals surface area contributed by atoms with E-state index in [4.69, 9.17) is 5.11 Å². The zero-order valence-corrected chi connectivity index (χ0v) is 10.8. The minimum atomic E-state index is -1.43. The Balaban J connectivity index is 2.13. The molecule has 1 unspecified atom stereocenters. The van der Waals surface area contributed by atoms with Crippen LogP contribution in [0.5, 0.6) is 0 Å². The summed E-state index contributed by atoms with van der Waals surface area (Å²) in [5.41, 5.74) is 1.57. The maximum atomic E-state index is 13.0. The molecular weight excluding hydrogens is 270 g/mol. The van der Waals surface area contributed by atoms with Crippen molar-refractivity contribution in [2.45, 2.75) is 17.3 Å². The van der Waals surface area contributed by atoms with Crippen LogP contribution in [0.15, 0.2) is 47.4 Å². The van der Waals surface area contributed by atoms with Crippen LogP contribution < -0.4 is 0 Å². The third kappa shape index (κ3) is 3.45. The number of hydrogen-bond donors (Lipinski definition) is 1. The molecule has 19 heavy (non-hydrogen) atoms. The van der Waals surface area contributed by atoms with E-state index in [0.29, 0.717) is 0 Å². The highest BCUT2D eigenvalue weighted by Gasteiger charge is 2.09. The van der Waals surface area contributed by atoms with E-state index in [1.165, 1.54) is 6.07 Å². The second-order valence-electron chi connectivity index (χ2n) is 4.04. The topological polar surface area (TPSA) is 37.3 Å². The fraction of sp³-hybridized carbons (Fsp3) is 0.143. The quantitative estimate of drug-likeness (QED) is 0.936. The van der Waals surface area contributed by atoms with E-state index in [2.05, 4.69) is 0 Å². The molecule has 0 spiro atoms. The molecule has 0 aliphatic carbocycles. The Morgan fingerprint density at radius 1 is 0.947 bits per heavy atom. The smallest absolute Gasteiger partial charge is 0.160 e. The van der Waals surface area contributed by atoms with Crippen LogP contribution in [0.1, 0.15) is 11.1 Å².